The molecule has 0 saturated carbocycles. The molecule has 0 unspecified atom stereocenters. The summed E-state index contributed by atoms with van der Waals surface area (Å²) in [5, 5.41) is 17.0. The average Bonchev–Trinajstić information content (AvgIpc) is 2.79. The predicted octanol–water partition coefficient (Wildman–Crippen LogP) is 1.15. The van der Waals surface area contributed by atoms with Crippen molar-refractivity contribution in [1.82, 2.24) is 41.5 Å². The fraction of sp³-hybridized carbons (Fsp3) is 0.348. The number of aromatic nitrogens is 3. The Morgan fingerprint density at radius 3 is 0.935 bits per heavy atom. The number of hydrogen-bond acceptors (Lipinski definition) is 8. The molecule has 8 nitrogen and oxygen atoms in total. The van der Waals surface area contributed by atoms with Crippen LogP contribution in [0.5, 0.6) is 0 Å². The van der Waals surface area contributed by atoms with Gasteiger partial charge in [0.1, 0.15) is 0 Å². The third-order valence-electron chi connectivity index (χ3n) is 4.93. The van der Waals surface area contributed by atoms with Crippen LogP contribution in [0, 0.1) is 0 Å². The van der Waals surface area contributed by atoms with Gasteiger partial charge in [0.25, 0.3) is 0 Å². The zero-order valence-corrected chi connectivity index (χ0v) is 17.7. The van der Waals surface area contributed by atoms with Crippen molar-refractivity contribution in [1.29, 1.82) is 0 Å². The van der Waals surface area contributed by atoms with Crippen molar-refractivity contribution in [3.63, 3.8) is 0 Å². The lowest BCUT2D eigenvalue weighted by Crippen LogP contribution is -2.30. The van der Waals surface area contributed by atoms with E-state index < -0.39 is 0 Å². The fourth-order valence-corrected chi connectivity index (χ4v) is 3.44. The maximum Gasteiger partial charge on any atom is 0.0546 e. The Labute approximate surface area is 183 Å². The fourth-order valence-electron chi connectivity index (χ4n) is 3.44. The van der Waals surface area contributed by atoms with Crippen LogP contribution in [0.15, 0.2) is 54.6 Å². The summed E-state index contributed by atoms with van der Waals surface area (Å²) in [7, 11) is 0. The molecule has 0 aromatic carbocycles. The van der Waals surface area contributed by atoms with E-state index in [4.69, 9.17) is 15.0 Å². The van der Waals surface area contributed by atoms with E-state index in [2.05, 4.69) is 44.8 Å². The van der Waals surface area contributed by atoms with Gasteiger partial charge >= 0.3 is 0 Å². The van der Waals surface area contributed by atoms with Crippen LogP contribution >= 0.6 is 0 Å². The highest BCUT2D eigenvalue weighted by molar-refractivity contribution is 5.14. The van der Waals surface area contributed by atoms with Gasteiger partial charge in [-0.1, -0.05) is 18.2 Å². The molecular weight excluding hydrogens is 388 g/mol. The largest absolute Gasteiger partial charge is 0.306 e. The van der Waals surface area contributed by atoms with E-state index in [0.29, 0.717) is 26.4 Å². The van der Waals surface area contributed by atoms with E-state index >= 15 is 0 Å². The van der Waals surface area contributed by atoms with Gasteiger partial charge in [0.05, 0.1) is 34.2 Å². The van der Waals surface area contributed by atoms with E-state index in [1.54, 1.807) is 0 Å². The first-order chi connectivity index (χ1) is 15.3. The quantitative estimate of drug-likeness (QED) is 0.371. The van der Waals surface area contributed by atoms with Crippen molar-refractivity contribution < 1.29 is 0 Å². The van der Waals surface area contributed by atoms with Crippen LogP contribution in [-0.2, 0) is 39.3 Å². The van der Waals surface area contributed by atoms with Crippen LogP contribution in [0.4, 0.5) is 0 Å². The Bertz CT molecular complexity index is 889. The third kappa shape index (κ3) is 7.16. The molecule has 1 aliphatic heterocycles. The minimum absolute atomic E-state index is 0.695. The highest BCUT2D eigenvalue weighted by atomic mass is 15.1. The molecule has 1 aliphatic rings. The lowest BCUT2D eigenvalue weighted by Gasteiger charge is -2.11. The molecule has 0 fully saturated rings. The van der Waals surface area contributed by atoms with Crippen molar-refractivity contribution in [3.05, 3.63) is 88.8 Å². The Balaban J connectivity index is 1.41. The zero-order valence-electron chi connectivity index (χ0n) is 17.7. The molecule has 6 bridgehead atoms. The molecule has 0 radical (unpaired) electrons. The molecule has 4 heterocycles. The van der Waals surface area contributed by atoms with Crippen LogP contribution in [-0.4, -0.2) is 28.3 Å². The number of pyridine rings is 3. The molecule has 162 valence electrons. The second kappa shape index (κ2) is 11.6. The van der Waals surface area contributed by atoms with Gasteiger partial charge in [-0.25, -0.2) is 0 Å². The minimum atomic E-state index is 0.695. The monoisotopic (exact) mass is 418 g/mol. The van der Waals surface area contributed by atoms with Crippen molar-refractivity contribution in [2.75, 3.05) is 13.3 Å². The molecule has 0 amide bonds. The summed E-state index contributed by atoms with van der Waals surface area (Å²) in [6.07, 6.45) is 0. The van der Waals surface area contributed by atoms with Crippen LogP contribution < -0.4 is 26.6 Å². The number of nitrogens with zero attached hydrogens (tertiary/aromatic N) is 3. The Morgan fingerprint density at radius 2 is 0.645 bits per heavy atom. The van der Waals surface area contributed by atoms with Crippen molar-refractivity contribution >= 4 is 0 Å². The zero-order chi connectivity index (χ0) is 21.1. The molecule has 5 N–H and O–H groups in total. The molecule has 3 aromatic rings. The molecule has 8 heteroatoms. The molecule has 4 rings (SSSR count). The van der Waals surface area contributed by atoms with Crippen molar-refractivity contribution in [2.24, 2.45) is 0 Å². The van der Waals surface area contributed by atoms with Gasteiger partial charge in [-0.15, -0.1) is 0 Å². The van der Waals surface area contributed by atoms with E-state index in [1.807, 2.05) is 36.4 Å². The summed E-state index contributed by atoms with van der Waals surface area (Å²) in [5.41, 5.74) is 6.17. The van der Waals surface area contributed by atoms with Crippen LogP contribution in [0.3, 0.4) is 0 Å². The van der Waals surface area contributed by atoms with Crippen LogP contribution in [0.1, 0.15) is 34.2 Å². The topological polar surface area (TPSA) is 98.8 Å². The third-order valence-corrected chi connectivity index (χ3v) is 4.93. The Hall–Kier alpha value is -2.75. The molecular formula is C23H30N8. The summed E-state index contributed by atoms with van der Waals surface area (Å²) < 4.78 is 0. The van der Waals surface area contributed by atoms with E-state index in [1.165, 1.54) is 0 Å². The van der Waals surface area contributed by atoms with Gasteiger partial charge < -0.3 is 5.32 Å². The van der Waals surface area contributed by atoms with E-state index in [-0.39, 0.29) is 0 Å². The second-order valence-electron chi connectivity index (χ2n) is 7.52. The van der Waals surface area contributed by atoms with Gasteiger partial charge in [0.2, 0.25) is 0 Å². The van der Waals surface area contributed by atoms with Gasteiger partial charge in [0.15, 0.2) is 0 Å². The van der Waals surface area contributed by atoms with Crippen LogP contribution in [0.2, 0.25) is 0 Å². The maximum atomic E-state index is 4.73. The second-order valence-corrected chi connectivity index (χ2v) is 7.52. The summed E-state index contributed by atoms with van der Waals surface area (Å²) in [6, 6.07) is 18.4. The normalized spacial score (nSPS) is 16.6. The first-order valence-electron chi connectivity index (χ1n) is 10.7. The summed E-state index contributed by atoms with van der Waals surface area (Å²) >= 11 is 0. The van der Waals surface area contributed by atoms with Crippen molar-refractivity contribution in [3.8, 4) is 0 Å². The number of hydrogen-bond donors (Lipinski definition) is 5. The summed E-state index contributed by atoms with van der Waals surface area (Å²) in [5.74, 6) is 0. The van der Waals surface area contributed by atoms with E-state index in [0.717, 1.165) is 60.3 Å². The highest BCUT2D eigenvalue weighted by Gasteiger charge is 2.03. The number of fused-ring (bicyclic) bond motifs is 6. The lowest BCUT2D eigenvalue weighted by molar-refractivity contribution is 0.558. The Kier molecular flexibility index (Phi) is 8.03. The smallest absolute Gasteiger partial charge is 0.0546 e. The summed E-state index contributed by atoms with van der Waals surface area (Å²) in [6.45, 7) is 5.69. The standard InChI is InChI=1S/C23H30N8/c1-4-18-10-24-11-19-5-2-7-21(30-19)13-26-17-28-15-23-9-3-8-22(31-23)14-27-16-25-12-20(6-1)29-18/h1-9,24-28H,10-17H2. The van der Waals surface area contributed by atoms with E-state index in [9.17, 15) is 0 Å². The van der Waals surface area contributed by atoms with Gasteiger partial charge in [0, 0.05) is 52.6 Å². The first-order valence-corrected chi connectivity index (χ1v) is 10.7. The predicted molar refractivity (Wildman–Crippen MR) is 120 cm³/mol. The molecule has 0 saturated heterocycles. The average molecular weight is 419 g/mol. The highest BCUT2D eigenvalue weighted by Crippen LogP contribution is 2.03. The first kappa shape index (κ1) is 21.5. The maximum absolute atomic E-state index is 4.73. The molecule has 0 spiro atoms. The van der Waals surface area contributed by atoms with Gasteiger partial charge in [-0.2, -0.15) is 0 Å². The molecule has 31 heavy (non-hydrogen) atoms. The van der Waals surface area contributed by atoms with Crippen molar-refractivity contribution in [2.45, 2.75) is 39.3 Å². The van der Waals surface area contributed by atoms with Crippen LogP contribution in [0.25, 0.3) is 0 Å². The summed E-state index contributed by atoms with van der Waals surface area (Å²) in [4.78, 5) is 14.2. The SMILES string of the molecule is c1cc2nc(c1)CNCNCc1cccc(n1)CNCc1cccc(n1)CNCNC2. The minimum Gasteiger partial charge on any atom is -0.306 e. The molecule has 0 aliphatic carbocycles. The number of nitrogens with one attached hydrogen (secondary N) is 5. The molecule has 0 atom stereocenters. The Morgan fingerprint density at radius 1 is 0.387 bits per heavy atom. The van der Waals surface area contributed by atoms with Gasteiger partial charge in [-0.3, -0.25) is 36.2 Å². The lowest BCUT2D eigenvalue weighted by atomic mass is 10.2. The molecule has 3 aromatic heterocycles. The number of rotatable bonds is 0. The van der Waals surface area contributed by atoms with Gasteiger partial charge in [-0.05, 0) is 36.4 Å².